The van der Waals surface area contributed by atoms with Gasteiger partial charge < -0.3 is 0 Å². The Morgan fingerprint density at radius 1 is 1.46 bits per heavy atom. The molecule has 76 valence electrons. The Balaban J connectivity index is 3.65. The first-order valence-electron chi connectivity index (χ1n) is 4.07. The fraction of sp³-hybridized carbons (Fsp3) is 0.625. The highest BCUT2D eigenvalue weighted by Gasteiger charge is 2.06. The van der Waals surface area contributed by atoms with Crippen LogP contribution in [-0.2, 0) is 14.8 Å². The molecule has 0 radical (unpaired) electrons. The summed E-state index contributed by atoms with van der Waals surface area (Å²) in [5.74, 6) is -0.438. The van der Waals surface area contributed by atoms with Crippen molar-refractivity contribution >= 4 is 15.9 Å². The molecule has 0 aromatic rings. The highest BCUT2D eigenvalue weighted by Crippen LogP contribution is 1.96. The molecule has 0 bridgehead atoms. The second kappa shape index (κ2) is 5.75. The first-order valence-corrected chi connectivity index (χ1v) is 5.96. The van der Waals surface area contributed by atoms with Crippen LogP contribution in [-0.4, -0.2) is 20.6 Å². The highest BCUT2D eigenvalue weighted by molar-refractivity contribution is 7.89. The SMILES string of the molecule is CC=CCCCC(=O)NS(C)(=O)=O. The predicted octanol–water partition coefficient (Wildman–Crippen LogP) is 0.809. The zero-order valence-electron chi connectivity index (χ0n) is 7.91. The van der Waals surface area contributed by atoms with Crippen molar-refractivity contribution in [1.29, 1.82) is 0 Å². The van der Waals surface area contributed by atoms with Gasteiger partial charge in [0.2, 0.25) is 15.9 Å². The van der Waals surface area contributed by atoms with E-state index < -0.39 is 15.9 Å². The number of carbonyl (C=O) groups is 1. The summed E-state index contributed by atoms with van der Waals surface area (Å²) >= 11 is 0. The Bertz CT molecular complexity index is 280. The van der Waals surface area contributed by atoms with E-state index in [1.807, 2.05) is 23.8 Å². The third-order valence-corrected chi connectivity index (χ3v) is 1.91. The highest BCUT2D eigenvalue weighted by atomic mass is 32.2. The molecule has 0 atom stereocenters. The van der Waals surface area contributed by atoms with Crippen molar-refractivity contribution < 1.29 is 13.2 Å². The normalized spacial score (nSPS) is 11.8. The van der Waals surface area contributed by atoms with Crippen LogP contribution in [0.1, 0.15) is 26.2 Å². The summed E-state index contributed by atoms with van der Waals surface area (Å²) in [5, 5.41) is 0. The first-order chi connectivity index (χ1) is 5.95. The van der Waals surface area contributed by atoms with Gasteiger partial charge in [0.1, 0.15) is 0 Å². The molecule has 0 spiro atoms. The number of unbranched alkanes of at least 4 members (excludes halogenated alkanes) is 1. The van der Waals surface area contributed by atoms with Crippen molar-refractivity contribution in [2.75, 3.05) is 6.26 Å². The third-order valence-electron chi connectivity index (χ3n) is 1.31. The van der Waals surface area contributed by atoms with Gasteiger partial charge in [-0.05, 0) is 19.8 Å². The zero-order valence-corrected chi connectivity index (χ0v) is 8.73. The minimum absolute atomic E-state index is 0.247. The van der Waals surface area contributed by atoms with Gasteiger partial charge in [-0.15, -0.1) is 0 Å². The summed E-state index contributed by atoms with van der Waals surface area (Å²) in [6.45, 7) is 1.90. The van der Waals surface area contributed by atoms with E-state index in [2.05, 4.69) is 0 Å². The summed E-state index contributed by atoms with van der Waals surface area (Å²) in [4.78, 5) is 10.9. The average Bonchev–Trinajstić information content (AvgIpc) is 1.94. The van der Waals surface area contributed by atoms with Gasteiger partial charge in [0.25, 0.3) is 0 Å². The van der Waals surface area contributed by atoms with E-state index in [0.717, 1.165) is 12.7 Å². The molecule has 0 unspecified atom stereocenters. The van der Waals surface area contributed by atoms with E-state index in [-0.39, 0.29) is 6.42 Å². The molecule has 0 fully saturated rings. The van der Waals surface area contributed by atoms with E-state index in [1.54, 1.807) is 0 Å². The summed E-state index contributed by atoms with van der Waals surface area (Å²) < 4.78 is 23.1. The molecular formula is C8H15NO3S. The van der Waals surface area contributed by atoms with Crippen molar-refractivity contribution in [1.82, 2.24) is 4.72 Å². The van der Waals surface area contributed by atoms with Crippen molar-refractivity contribution in [3.8, 4) is 0 Å². The maximum absolute atomic E-state index is 10.9. The molecule has 0 heterocycles. The molecule has 5 heteroatoms. The lowest BCUT2D eigenvalue weighted by Crippen LogP contribution is -2.28. The van der Waals surface area contributed by atoms with Crippen molar-refractivity contribution in [3.05, 3.63) is 12.2 Å². The van der Waals surface area contributed by atoms with Gasteiger partial charge in [-0.2, -0.15) is 0 Å². The molecular weight excluding hydrogens is 190 g/mol. The molecule has 1 amide bonds. The number of rotatable bonds is 5. The number of sulfonamides is 1. The lowest BCUT2D eigenvalue weighted by molar-refractivity contribution is -0.119. The Morgan fingerprint density at radius 3 is 2.54 bits per heavy atom. The fourth-order valence-corrected chi connectivity index (χ4v) is 1.32. The summed E-state index contributed by atoms with van der Waals surface area (Å²) in [5.41, 5.74) is 0. The molecule has 0 rings (SSSR count). The average molecular weight is 205 g/mol. The van der Waals surface area contributed by atoms with Crippen molar-refractivity contribution in [3.63, 3.8) is 0 Å². The van der Waals surface area contributed by atoms with E-state index in [4.69, 9.17) is 0 Å². The molecule has 0 aliphatic rings. The standard InChI is InChI=1S/C8H15NO3S/c1-3-4-5-6-7-8(10)9-13(2,11)12/h3-4H,5-7H2,1-2H3,(H,9,10). The Hall–Kier alpha value is -0.840. The van der Waals surface area contributed by atoms with Gasteiger partial charge in [-0.3, -0.25) is 9.52 Å². The number of amides is 1. The van der Waals surface area contributed by atoms with Gasteiger partial charge in [-0.1, -0.05) is 12.2 Å². The van der Waals surface area contributed by atoms with E-state index >= 15 is 0 Å². The summed E-state index contributed by atoms with van der Waals surface area (Å²) in [7, 11) is -3.38. The largest absolute Gasteiger partial charge is 0.274 e. The molecule has 0 aromatic heterocycles. The van der Waals surface area contributed by atoms with Crippen LogP contribution >= 0.6 is 0 Å². The summed E-state index contributed by atoms with van der Waals surface area (Å²) in [6.07, 6.45) is 6.52. The van der Waals surface area contributed by atoms with Gasteiger partial charge in [-0.25, -0.2) is 8.42 Å². The molecule has 0 aromatic carbocycles. The first kappa shape index (κ1) is 12.2. The number of hydrogen-bond donors (Lipinski definition) is 1. The monoisotopic (exact) mass is 205 g/mol. The van der Waals surface area contributed by atoms with Gasteiger partial charge in [0, 0.05) is 6.42 Å². The molecule has 0 saturated heterocycles. The van der Waals surface area contributed by atoms with Crippen LogP contribution < -0.4 is 4.72 Å². The van der Waals surface area contributed by atoms with Crippen LogP contribution in [0.2, 0.25) is 0 Å². The Labute approximate surface area is 79.1 Å². The molecule has 13 heavy (non-hydrogen) atoms. The predicted molar refractivity (Wildman–Crippen MR) is 51.7 cm³/mol. The number of hydrogen-bond acceptors (Lipinski definition) is 3. The van der Waals surface area contributed by atoms with E-state index in [0.29, 0.717) is 6.42 Å². The van der Waals surface area contributed by atoms with Crippen LogP contribution in [0.25, 0.3) is 0 Å². The minimum atomic E-state index is -3.38. The van der Waals surface area contributed by atoms with Crippen molar-refractivity contribution in [2.24, 2.45) is 0 Å². The van der Waals surface area contributed by atoms with Gasteiger partial charge >= 0.3 is 0 Å². The molecule has 0 aliphatic heterocycles. The third kappa shape index (κ3) is 9.07. The molecule has 0 saturated carbocycles. The van der Waals surface area contributed by atoms with Crippen LogP contribution in [0.3, 0.4) is 0 Å². The second-order valence-electron chi connectivity index (χ2n) is 2.76. The number of carbonyl (C=O) groups excluding carboxylic acids is 1. The Morgan fingerprint density at radius 2 is 2.08 bits per heavy atom. The number of allylic oxidation sites excluding steroid dienone is 2. The Kier molecular flexibility index (Phi) is 5.37. The quantitative estimate of drug-likeness (QED) is 0.533. The van der Waals surface area contributed by atoms with Gasteiger partial charge in [0.05, 0.1) is 6.26 Å². The topological polar surface area (TPSA) is 63.2 Å². The van der Waals surface area contributed by atoms with Crippen molar-refractivity contribution in [2.45, 2.75) is 26.2 Å². The maximum atomic E-state index is 10.9. The van der Waals surface area contributed by atoms with E-state index in [9.17, 15) is 13.2 Å². The molecule has 1 N–H and O–H groups in total. The summed E-state index contributed by atoms with van der Waals surface area (Å²) in [6, 6.07) is 0. The smallest absolute Gasteiger partial charge is 0.233 e. The molecule has 0 aliphatic carbocycles. The zero-order chi connectivity index (χ0) is 10.3. The van der Waals surface area contributed by atoms with Crippen LogP contribution in [0.15, 0.2) is 12.2 Å². The lowest BCUT2D eigenvalue weighted by atomic mass is 10.2. The fourth-order valence-electron chi connectivity index (χ4n) is 0.805. The molecule has 4 nitrogen and oxygen atoms in total. The maximum Gasteiger partial charge on any atom is 0.233 e. The van der Waals surface area contributed by atoms with Crippen LogP contribution in [0.4, 0.5) is 0 Å². The van der Waals surface area contributed by atoms with E-state index in [1.165, 1.54) is 0 Å². The number of nitrogens with one attached hydrogen (secondary N) is 1. The second-order valence-corrected chi connectivity index (χ2v) is 4.51. The van der Waals surface area contributed by atoms with Gasteiger partial charge in [0.15, 0.2) is 0 Å². The lowest BCUT2D eigenvalue weighted by Gasteiger charge is -2.00. The minimum Gasteiger partial charge on any atom is -0.274 e. The van der Waals surface area contributed by atoms with Crippen LogP contribution in [0, 0.1) is 0 Å². The van der Waals surface area contributed by atoms with Crippen LogP contribution in [0.5, 0.6) is 0 Å².